The smallest absolute Gasteiger partial charge is 0.230 e. The van der Waals surface area contributed by atoms with Gasteiger partial charge in [0.1, 0.15) is 5.82 Å². The SMILES string of the molecule is CC1CN(c2ccc(CNC(=O)CSc3nc4ccccc4s3)cn2)CC(C)O1. The molecule has 29 heavy (non-hydrogen) atoms. The number of para-hydroxylation sites is 1. The maximum Gasteiger partial charge on any atom is 0.230 e. The van der Waals surface area contributed by atoms with Gasteiger partial charge < -0.3 is 15.0 Å². The number of morpholine rings is 1. The molecule has 0 saturated carbocycles. The van der Waals surface area contributed by atoms with Gasteiger partial charge >= 0.3 is 0 Å². The number of thioether (sulfide) groups is 1. The van der Waals surface area contributed by atoms with Crippen LogP contribution < -0.4 is 10.2 Å². The Kier molecular flexibility index (Phi) is 6.32. The molecule has 2 aromatic heterocycles. The Balaban J connectivity index is 1.25. The number of ether oxygens (including phenoxy) is 1. The van der Waals surface area contributed by atoms with Crippen LogP contribution in [0.5, 0.6) is 0 Å². The minimum absolute atomic E-state index is 0.00541. The second-order valence-corrected chi connectivity index (χ2v) is 9.45. The van der Waals surface area contributed by atoms with Crippen molar-refractivity contribution >= 4 is 45.0 Å². The summed E-state index contributed by atoms with van der Waals surface area (Å²) in [4.78, 5) is 23.6. The van der Waals surface area contributed by atoms with Gasteiger partial charge in [0.25, 0.3) is 0 Å². The summed E-state index contributed by atoms with van der Waals surface area (Å²) in [5.74, 6) is 1.30. The third kappa shape index (κ3) is 5.26. The van der Waals surface area contributed by atoms with Crippen LogP contribution in [0.15, 0.2) is 46.9 Å². The van der Waals surface area contributed by atoms with Gasteiger partial charge in [0, 0.05) is 25.8 Å². The minimum atomic E-state index is -0.00541. The molecule has 1 aliphatic heterocycles. The van der Waals surface area contributed by atoms with E-state index in [-0.39, 0.29) is 18.1 Å². The summed E-state index contributed by atoms with van der Waals surface area (Å²) in [5.41, 5.74) is 1.97. The van der Waals surface area contributed by atoms with Crippen LogP contribution in [0, 0.1) is 0 Å². The second kappa shape index (κ2) is 9.11. The lowest BCUT2D eigenvalue weighted by Gasteiger charge is -2.36. The van der Waals surface area contributed by atoms with E-state index in [4.69, 9.17) is 4.74 Å². The first-order valence-electron chi connectivity index (χ1n) is 9.67. The largest absolute Gasteiger partial charge is 0.372 e. The minimum Gasteiger partial charge on any atom is -0.372 e. The quantitative estimate of drug-likeness (QED) is 0.604. The van der Waals surface area contributed by atoms with Gasteiger partial charge in [-0.1, -0.05) is 30.0 Å². The molecule has 4 rings (SSSR count). The highest BCUT2D eigenvalue weighted by Gasteiger charge is 2.22. The number of carbonyl (C=O) groups excluding carboxylic acids is 1. The van der Waals surface area contributed by atoms with Gasteiger partial charge in [-0.3, -0.25) is 4.79 Å². The second-order valence-electron chi connectivity index (χ2n) is 7.20. The molecule has 2 unspecified atom stereocenters. The highest BCUT2D eigenvalue weighted by molar-refractivity contribution is 8.01. The molecule has 0 spiro atoms. The number of hydrogen-bond donors (Lipinski definition) is 1. The normalized spacial score (nSPS) is 19.4. The van der Waals surface area contributed by atoms with E-state index in [1.165, 1.54) is 11.8 Å². The Bertz CT molecular complexity index is 933. The zero-order valence-corrected chi connectivity index (χ0v) is 18.1. The summed E-state index contributed by atoms with van der Waals surface area (Å²) >= 11 is 3.09. The number of fused-ring (bicyclic) bond motifs is 1. The highest BCUT2D eigenvalue weighted by Crippen LogP contribution is 2.29. The number of pyridine rings is 1. The van der Waals surface area contributed by atoms with Crippen molar-refractivity contribution in [3.05, 3.63) is 48.2 Å². The molecule has 0 aliphatic carbocycles. The van der Waals surface area contributed by atoms with E-state index in [0.717, 1.165) is 39.0 Å². The van der Waals surface area contributed by atoms with Gasteiger partial charge in [0.05, 0.1) is 28.2 Å². The van der Waals surface area contributed by atoms with Gasteiger partial charge in [-0.25, -0.2) is 9.97 Å². The third-order valence-corrected chi connectivity index (χ3v) is 6.82. The number of rotatable bonds is 6. The molecule has 1 saturated heterocycles. The van der Waals surface area contributed by atoms with Crippen LogP contribution in [0.4, 0.5) is 5.82 Å². The van der Waals surface area contributed by atoms with E-state index >= 15 is 0 Å². The maximum atomic E-state index is 12.2. The Morgan fingerprint density at radius 2 is 2.03 bits per heavy atom. The summed E-state index contributed by atoms with van der Waals surface area (Å²) in [7, 11) is 0. The Hall–Kier alpha value is -2.16. The molecule has 1 fully saturated rings. The fourth-order valence-corrected chi connectivity index (χ4v) is 5.26. The van der Waals surface area contributed by atoms with Gasteiger partial charge in [0.2, 0.25) is 5.91 Å². The van der Waals surface area contributed by atoms with Crippen LogP contribution in [0.1, 0.15) is 19.4 Å². The highest BCUT2D eigenvalue weighted by atomic mass is 32.2. The van der Waals surface area contributed by atoms with E-state index in [1.807, 2.05) is 42.6 Å². The molecule has 0 bridgehead atoms. The zero-order chi connectivity index (χ0) is 20.2. The Morgan fingerprint density at radius 3 is 2.76 bits per heavy atom. The summed E-state index contributed by atoms with van der Waals surface area (Å²) < 4.78 is 7.84. The fraction of sp³-hybridized carbons (Fsp3) is 0.381. The molecule has 2 atom stereocenters. The molecule has 8 heteroatoms. The summed E-state index contributed by atoms with van der Waals surface area (Å²) in [6.45, 7) is 6.33. The number of amides is 1. The van der Waals surface area contributed by atoms with Gasteiger partial charge in [-0.05, 0) is 37.6 Å². The van der Waals surface area contributed by atoms with Crippen LogP contribution in [0.3, 0.4) is 0 Å². The molecule has 1 amide bonds. The Morgan fingerprint density at radius 1 is 1.24 bits per heavy atom. The molecular formula is C21H24N4O2S2. The van der Waals surface area contributed by atoms with Crippen LogP contribution in [-0.4, -0.2) is 46.9 Å². The average Bonchev–Trinajstić information content (AvgIpc) is 3.13. The first-order chi connectivity index (χ1) is 14.1. The molecule has 0 radical (unpaired) electrons. The number of carbonyl (C=O) groups is 1. The first kappa shape index (κ1) is 20.1. The van der Waals surface area contributed by atoms with E-state index in [2.05, 4.69) is 34.0 Å². The predicted molar refractivity (Wildman–Crippen MR) is 119 cm³/mol. The van der Waals surface area contributed by atoms with Crippen LogP contribution in [-0.2, 0) is 16.1 Å². The number of anilines is 1. The van der Waals surface area contributed by atoms with E-state index in [9.17, 15) is 4.79 Å². The Labute approximate surface area is 178 Å². The van der Waals surface area contributed by atoms with Crippen molar-refractivity contribution in [3.63, 3.8) is 0 Å². The molecule has 3 heterocycles. The lowest BCUT2D eigenvalue weighted by Crippen LogP contribution is -2.45. The summed E-state index contributed by atoms with van der Waals surface area (Å²) in [6, 6.07) is 12.1. The van der Waals surface area contributed by atoms with E-state index in [1.54, 1.807) is 11.3 Å². The van der Waals surface area contributed by atoms with Crippen molar-refractivity contribution in [2.75, 3.05) is 23.7 Å². The third-order valence-electron chi connectivity index (χ3n) is 4.64. The van der Waals surface area contributed by atoms with E-state index in [0.29, 0.717) is 12.3 Å². The number of nitrogens with zero attached hydrogens (tertiary/aromatic N) is 3. The molecule has 1 aliphatic rings. The van der Waals surface area contributed by atoms with Crippen molar-refractivity contribution in [2.45, 2.75) is 36.9 Å². The fourth-order valence-electron chi connectivity index (χ4n) is 3.37. The molecular weight excluding hydrogens is 404 g/mol. The number of benzene rings is 1. The molecule has 1 aromatic carbocycles. The van der Waals surface area contributed by atoms with Gasteiger partial charge in [-0.15, -0.1) is 11.3 Å². The lowest BCUT2D eigenvalue weighted by molar-refractivity contribution is -0.118. The number of hydrogen-bond acceptors (Lipinski definition) is 7. The summed E-state index contributed by atoms with van der Waals surface area (Å²) in [6.07, 6.45) is 2.24. The first-order valence-corrected chi connectivity index (χ1v) is 11.5. The van der Waals surface area contributed by atoms with Crippen molar-refractivity contribution in [2.24, 2.45) is 0 Å². The number of thiazole rings is 1. The van der Waals surface area contributed by atoms with Gasteiger partial charge in [0.15, 0.2) is 4.34 Å². The van der Waals surface area contributed by atoms with Crippen LogP contribution in [0.25, 0.3) is 10.2 Å². The molecule has 1 N–H and O–H groups in total. The van der Waals surface area contributed by atoms with Crippen molar-refractivity contribution < 1.29 is 9.53 Å². The van der Waals surface area contributed by atoms with Gasteiger partial charge in [-0.2, -0.15) is 0 Å². The van der Waals surface area contributed by atoms with Crippen LogP contribution in [0.2, 0.25) is 0 Å². The molecule has 152 valence electrons. The standard InChI is InChI=1S/C21H24N4O2S2/c1-14-11-25(12-15(2)27-14)19-8-7-16(9-22-19)10-23-20(26)13-28-21-24-17-5-3-4-6-18(17)29-21/h3-9,14-15H,10-13H2,1-2H3,(H,23,26). The maximum absolute atomic E-state index is 12.2. The monoisotopic (exact) mass is 428 g/mol. The van der Waals surface area contributed by atoms with Crippen molar-refractivity contribution in [1.82, 2.24) is 15.3 Å². The molecule has 3 aromatic rings. The summed E-state index contributed by atoms with van der Waals surface area (Å²) in [5, 5.41) is 2.96. The van der Waals surface area contributed by atoms with Crippen LogP contribution >= 0.6 is 23.1 Å². The topological polar surface area (TPSA) is 67.4 Å². The number of nitrogens with one attached hydrogen (secondary N) is 1. The predicted octanol–water partition coefficient (Wildman–Crippen LogP) is 3.71. The number of aromatic nitrogens is 2. The average molecular weight is 429 g/mol. The lowest BCUT2D eigenvalue weighted by atomic mass is 10.2. The molecule has 6 nitrogen and oxygen atoms in total. The van der Waals surface area contributed by atoms with Crippen molar-refractivity contribution in [3.8, 4) is 0 Å². The van der Waals surface area contributed by atoms with Crippen molar-refractivity contribution in [1.29, 1.82) is 0 Å². The zero-order valence-electron chi connectivity index (χ0n) is 16.5. The van der Waals surface area contributed by atoms with E-state index < -0.39 is 0 Å².